The Kier molecular flexibility index (Phi) is 6.64. The molecule has 0 bridgehead atoms. The Morgan fingerprint density at radius 2 is 1.85 bits per heavy atom. The van der Waals surface area contributed by atoms with E-state index in [0.717, 1.165) is 54.0 Å². The van der Waals surface area contributed by atoms with E-state index >= 15 is 0 Å². The number of amides is 1. The van der Waals surface area contributed by atoms with Gasteiger partial charge in [0.2, 0.25) is 5.91 Å². The lowest BCUT2D eigenvalue weighted by Gasteiger charge is -2.34. The molecule has 34 heavy (non-hydrogen) atoms. The van der Waals surface area contributed by atoms with Crippen LogP contribution >= 0.6 is 0 Å². The van der Waals surface area contributed by atoms with Gasteiger partial charge in [-0.25, -0.2) is 9.78 Å². The molecule has 1 amide bonds. The van der Waals surface area contributed by atoms with Crippen LogP contribution in [0, 0.1) is 12.3 Å². The largest absolute Gasteiger partial charge is 0.387 e. The third-order valence-electron chi connectivity index (χ3n) is 6.50. The Balaban J connectivity index is 1.65. The molecule has 0 radical (unpaired) electrons. The molecule has 3 heterocycles. The number of aromatic nitrogens is 3. The van der Waals surface area contributed by atoms with Crippen molar-refractivity contribution < 1.29 is 9.90 Å². The molecule has 0 atom stereocenters. The molecule has 8 heteroatoms. The molecule has 182 valence electrons. The number of nitrogens with one attached hydrogen (secondary N) is 1. The number of aliphatic hydroxyl groups excluding tert-OH is 1. The second kappa shape index (κ2) is 9.35. The summed E-state index contributed by atoms with van der Waals surface area (Å²) in [4.78, 5) is 36.0. The first-order valence-electron chi connectivity index (χ1n) is 11.9. The van der Waals surface area contributed by atoms with E-state index in [4.69, 9.17) is 10.1 Å². The second-order valence-electron chi connectivity index (χ2n) is 10.6. The van der Waals surface area contributed by atoms with Gasteiger partial charge in [-0.15, -0.1) is 0 Å². The fourth-order valence-electron chi connectivity index (χ4n) is 4.65. The van der Waals surface area contributed by atoms with Gasteiger partial charge in [0.05, 0.1) is 11.2 Å². The van der Waals surface area contributed by atoms with Gasteiger partial charge in [0.25, 0.3) is 0 Å². The van der Waals surface area contributed by atoms with Gasteiger partial charge in [-0.3, -0.25) is 14.3 Å². The molecule has 0 aliphatic carbocycles. The maximum atomic E-state index is 12.4. The van der Waals surface area contributed by atoms with E-state index < -0.39 is 6.61 Å². The highest BCUT2D eigenvalue weighted by molar-refractivity contribution is 5.80. The third-order valence-corrected chi connectivity index (χ3v) is 6.50. The zero-order chi connectivity index (χ0) is 24.6. The van der Waals surface area contributed by atoms with Crippen LogP contribution in [-0.2, 0) is 24.8 Å². The molecule has 0 unspecified atom stereocenters. The van der Waals surface area contributed by atoms with Crippen LogP contribution in [0.5, 0.6) is 0 Å². The number of aliphatic hydroxyl groups is 1. The van der Waals surface area contributed by atoms with E-state index in [9.17, 15) is 9.59 Å². The monoisotopic (exact) mass is 465 g/mol. The summed E-state index contributed by atoms with van der Waals surface area (Å²) in [5.41, 5.74) is 6.76. The molecule has 0 saturated carbocycles. The molecule has 0 spiro atoms. The molecule has 3 aromatic rings. The number of fused-ring (bicyclic) bond motifs is 1. The van der Waals surface area contributed by atoms with E-state index in [0.29, 0.717) is 18.7 Å². The molecule has 2 N–H and O–H groups in total. The molecule has 1 aromatic carbocycles. The topological polar surface area (TPSA) is 94.5 Å². The standard InChI is InChI=1S/C26H35N5O3/c1-17-6-7-18(15-30-8-10-31(11-9-30)22(33)16-32)12-20(17)21-13-19(14-26(2,3)4)23-24(27-21)29(5)25(34)28-23/h6-7,12-13,32H,8-11,14-16H2,1-5H3,(H,28,34). The number of carbonyl (C=O) groups excluding carboxylic acids is 1. The predicted octanol–water partition coefficient (Wildman–Crippen LogP) is 2.46. The summed E-state index contributed by atoms with van der Waals surface area (Å²) in [6.45, 7) is 11.8. The number of imidazole rings is 1. The van der Waals surface area contributed by atoms with Crippen LogP contribution in [0.2, 0.25) is 0 Å². The Hall–Kier alpha value is -2.97. The van der Waals surface area contributed by atoms with Crippen LogP contribution in [0.4, 0.5) is 0 Å². The number of aromatic amines is 1. The number of rotatable bonds is 5. The maximum absolute atomic E-state index is 12.4. The fraction of sp³-hybridized carbons (Fsp3) is 0.500. The Bertz CT molecular complexity index is 1260. The predicted molar refractivity (Wildman–Crippen MR) is 134 cm³/mol. The Morgan fingerprint density at radius 1 is 1.15 bits per heavy atom. The van der Waals surface area contributed by atoms with Crippen molar-refractivity contribution in [3.63, 3.8) is 0 Å². The van der Waals surface area contributed by atoms with Crippen molar-refractivity contribution in [2.24, 2.45) is 12.5 Å². The zero-order valence-electron chi connectivity index (χ0n) is 20.8. The minimum atomic E-state index is -0.428. The summed E-state index contributed by atoms with van der Waals surface area (Å²) in [6, 6.07) is 8.58. The zero-order valence-corrected chi connectivity index (χ0v) is 20.8. The Morgan fingerprint density at radius 3 is 2.50 bits per heavy atom. The summed E-state index contributed by atoms with van der Waals surface area (Å²) in [5, 5.41) is 9.09. The van der Waals surface area contributed by atoms with Crippen molar-refractivity contribution in [3.05, 3.63) is 51.4 Å². The first kappa shape index (κ1) is 24.2. The summed E-state index contributed by atoms with van der Waals surface area (Å²) in [6.07, 6.45) is 0.828. The van der Waals surface area contributed by atoms with Crippen molar-refractivity contribution in [2.45, 2.75) is 40.7 Å². The normalized spacial score (nSPS) is 15.3. The van der Waals surface area contributed by atoms with Crippen molar-refractivity contribution in [1.29, 1.82) is 0 Å². The van der Waals surface area contributed by atoms with Crippen LogP contribution in [0.1, 0.15) is 37.5 Å². The van der Waals surface area contributed by atoms with E-state index in [-0.39, 0.29) is 17.0 Å². The molecule has 1 saturated heterocycles. The number of piperazine rings is 1. The van der Waals surface area contributed by atoms with E-state index in [1.54, 1.807) is 16.5 Å². The van der Waals surface area contributed by atoms with Gasteiger partial charge in [0, 0.05) is 45.3 Å². The fourth-order valence-corrected chi connectivity index (χ4v) is 4.65. The van der Waals surface area contributed by atoms with E-state index in [1.165, 1.54) is 5.56 Å². The van der Waals surface area contributed by atoms with Crippen LogP contribution in [0.3, 0.4) is 0 Å². The average Bonchev–Trinajstić information content (AvgIpc) is 3.08. The molecule has 1 fully saturated rings. The number of hydrogen-bond donors (Lipinski definition) is 2. The molecule has 1 aliphatic heterocycles. The number of pyridine rings is 1. The molecule has 8 nitrogen and oxygen atoms in total. The van der Waals surface area contributed by atoms with Gasteiger partial charge in [0.1, 0.15) is 6.61 Å². The maximum Gasteiger partial charge on any atom is 0.327 e. The van der Waals surface area contributed by atoms with Gasteiger partial charge >= 0.3 is 5.69 Å². The minimum Gasteiger partial charge on any atom is -0.387 e. The smallest absolute Gasteiger partial charge is 0.327 e. The molecule has 2 aromatic heterocycles. The first-order chi connectivity index (χ1) is 16.1. The highest BCUT2D eigenvalue weighted by Gasteiger charge is 2.22. The molecule has 1 aliphatic rings. The van der Waals surface area contributed by atoms with Gasteiger partial charge in [-0.2, -0.15) is 0 Å². The highest BCUT2D eigenvalue weighted by Crippen LogP contribution is 2.30. The lowest BCUT2D eigenvalue weighted by Crippen LogP contribution is -2.49. The molecule has 4 rings (SSSR count). The summed E-state index contributed by atoms with van der Waals surface area (Å²) < 4.78 is 1.58. The van der Waals surface area contributed by atoms with Crippen molar-refractivity contribution in [2.75, 3.05) is 32.8 Å². The van der Waals surface area contributed by atoms with E-state index in [2.05, 4.69) is 61.8 Å². The van der Waals surface area contributed by atoms with Crippen LogP contribution in [0.25, 0.3) is 22.4 Å². The number of nitrogens with zero attached hydrogens (tertiary/aromatic N) is 4. The highest BCUT2D eigenvalue weighted by atomic mass is 16.3. The number of hydrogen-bond acceptors (Lipinski definition) is 5. The lowest BCUT2D eigenvalue weighted by atomic mass is 9.87. The quantitative estimate of drug-likeness (QED) is 0.604. The van der Waals surface area contributed by atoms with Crippen LogP contribution < -0.4 is 5.69 Å². The van der Waals surface area contributed by atoms with Gasteiger partial charge < -0.3 is 15.0 Å². The number of benzene rings is 1. The minimum absolute atomic E-state index is 0.0642. The summed E-state index contributed by atoms with van der Waals surface area (Å²) >= 11 is 0. The van der Waals surface area contributed by atoms with Gasteiger partial charge in [0.15, 0.2) is 5.65 Å². The van der Waals surface area contributed by atoms with Gasteiger partial charge in [-0.05, 0) is 47.6 Å². The van der Waals surface area contributed by atoms with Crippen LogP contribution in [0.15, 0.2) is 29.1 Å². The average molecular weight is 466 g/mol. The SMILES string of the molecule is Cc1ccc(CN2CCN(C(=O)CO)CC2)cc1-c1cc(CC(C)(C)C)c2[nH]c(=O)n(C)c2n1. The summed E-state index contributed by atoms with van der Waals surface area (Å²) in [5.74, 6) is -0.205. The lowest BCUT2D eigenvalue weighted by molar-refractivity contribution is -0.135. The van der Waals surface area contributed by atoms with Crippen molar-refractivity contribution in [3.8, 4) is 11.3 Å². The second-order valence-corrected chi connectivity index (χ2v) is 10.6. The van der Waals surface area contributed by atoms with Crippen molar-refractivity contribution in [1.82, 2.24) is 24.3 Å². The van der Waals surface area contributed by atoms with Crippen molar-refractivity contribution >= 4 is 17.1 Å². The van der Waals surface area contributed by atoms with Crippen LogP contribution in [-0.4, -0.2) is 68.1 Å². The van der Waals surface area contributed by atoms with Gasteiger partial charge in [-0.1, -0.05) is 32.9 Å². The molecular weight excluding hydrogens is 430 g/mol. The Labute approximate surface area is 200 Å². The number of carbonyl (C=O) groups is 1. The summed E-state index contributed by atoms with van der Waals surface area (Å²) in [7, 11) is 1.75. The molecular formula is C26H35N5O3. The van der Waals surface area contributed by atoms with E-state index in [1.807, 2.05) is 0 Å². The third kappa shape index (κ3) is 5.08. The number of aryl methyl sites for hydroxylation is 2. The number of H-pyrrole nitrogens is 1. The first-order valence-corrected chi connectivity index (χ1v) is 11.9.